The van der Waals surface area contributed by atoms with Gasteiger partial charge in [-0.2, -0.15) is 0 Å². The normalized spacial score (nSPS) is 14.0. The van der Waals surface area contributed by atoms with E-state index in [0.717, 1.165) is 22.0 Å². The molecule has 2 rings (SSSR count). The quantitative estimate of drug-likeness (QED) is 0.777. The molecule has 102 valence electrons. The van der Waals surface area contributed by atoms with Crippen LogP contribution in [0.15, 0.2) is 18.2 Å². The van der Waals surface area contributed by atoms with Gasteiger partial charge < -0.3 is 10.6 Å². The maximum Gasteiger partial charge on any atom is 0.252 e. The van der Waals surface area contributed by atoms with E-state index in [9.17, 15) is 9.59 Å². The smallest absolute Gasteiger partial charge is 0.252 e. The Kier molecular flexibility index (Phi) is 4.79. The van der Waals surface area contributed by atoms with Gasteiger partial charge in [-0.15, -0.1) is 0 Å². The average Bonchev–Trinajstić information content (AvgIpc) is 3.16. The molecule has 0 aromatic heterocycles. The zero-order chi connectivity index (χ0) is 13.8. The summed E-state index contributed by atoms with van der Waals surface area (Å²) in [6.45, 7) is 2.35. The Labute approximate surface area is 126 Å². The van der Waals surface area contributed by atoms with Crippen molar-refractivity contribution in [3.05, 3.63) is 32.9 Å². The lowest BCUT2D eigenvalue weighted by molar-refractivity contribution is -0.121. The molecule has 19 heavy (non-hydrogen) atoms. The second kappa shape index (κ2) is 6.36. The van der Waals surface area contributed by atoms with Crippen molar-refractivity contribution in [2.75, 3.05) is 6.54 Å². The second-order valence-electron chi connectivity index (χ2n) is 4.78. The Bertz CT molecular complexity index is 498. The number of amides is 2. The maximum atomic E-state index is 12.0. The van der Waals surface area contributed by atoms with Crippen molar-refractivity contribution in [1.29, 1.82) is 0 Å². The van der Waals surface area contributed by atoms with Gasteiger partial charge in [0.1, 0.15) is 0 Å². The molecular formula is C14H17IN2O2. The number of hydrogen-bond donors (Lipinski definition) is 2. The van der Waals surface area contributed by atoms with Crippen LogP contribution in [-0.2, 0) is 4.79 Å². The number of nitrogens with one attached hydrogen (secondary N) is 2. The van der Waals surface area contributed by atoms with Gasteiger partial charge >= 0.3 is 0 Å². The molecule has 1 aromatic carbocycles. The Hall–Kier alpha value is -1.11. The Balaban J connectivity index is 1.80. The molecule has 1 aromatic rings. The molecule has 0 spiro atoms. The predicted molar refractivity (Wildman–Crippen MR) is 82.0 cm³/mol. The molecule has 5 heteroatoms. The van der Waals surface area contributed by atoms with E-state index in [0.29, 0.717) is 24.6 Å². The van der Waals surface area contributed by atoms with Gasteiger partial charge in [-0.1, -0.05) is 12.1 Å². The fraction of sp³-hybridized carbons (Fsp3) is 0.429. The van der Waals surface area contributed by atoms with E-state index in [1.54, 1.807) is 6.07 Å². The molecule has 0 bridgehead atoms. The first-order chi connectivity index (χ1) is 9.08. The minimum Gasteiger partial charge on any atom is -0.353 e. The summed E-state index contributed by atoms with van der Waals surface area (Å²) < 4.78 is 0.958. The predicted octanol–water partition coefficient (Wildman–Crippen LogP) is 2.00. The van der Waals surface area contributed by atoms with Crippen LogP contribution in [0.2, 0.25) is 0 Å². The van der Waals surface area contributed by atoms with Crippen molar-refractivity contribution in [3.63, 3.8) is 0 Å². The van der Waals surface area contributed by atoms with Crippen LogP contribution in [0.5, 0.6) is 0 Å². The number of aryl methyl sites for hydroxylation is 1. The van der Waals surface area contributed by atoms with Crippen LogP contribution >= 0.6 is 22.6 Å². The minimum atomic E-state index is -0.118. The van der Waals surface area contributed by atoms with Gasteiger partial charge in [0.05, 0.1) is 5.56 Å². The monoisotopic (exact) mass is 372 g/mol. The van der Waals surface area contributed by atoms with Gasteiger partial charge in [0.15, 0.2) is 0 Å². The first-order valence-corrected chi connectivity index (χ1v) is 7.48. The van der Waals surface area contributed by atoms with Crippen molar-refractivity contribution >= 4 is 34.4 Å². The van der Waals surface area contributed by atoms with Crippen LogP contribution in [0.1, 0.15) is 35.2 Å². The van der Waals surface area contributed by atoms with E-state index in [2.05, 4.69) is 33.2 Å². The second-order valence-corrected chi connectivity index (χ2v) is 5.86. The van der Waals surface area contributed by atoms with Gasteiger partial charge in [0.25, 0.3) is 5.91 Å². The maximum absolute atomic E-state index is 12.0. The highest BCUT2D eigenvalue weighted by molar-refractivity contribution is 14.1. The molecule has 2 amide bonds. The first-order valence-electron chi connectivity index (χ1n) is 6.40. The summed E-state index contributed by atoms with van der Waals surface area (Å²) in [6, 6.07) is 6.02. The molecule has 0 atom stereocenters. The van der Waals surface area contributed by atoms with Crippen LogP contribution in [0.3, 0.4) is 0 Å². The van der Waals surface area contributed by atoms with Crippen LogP contribution < -0.4 is 10.6 Å². The fourth-order valence-corrected chi connectivity index (χ4v) is 2.34. The third-order valence-corrected chi connectivity index (χ3v) is 4.45. The SMILES string of the molecule is Cc1cccc(C(=O)NCCC(=O)NC2CC2)c1I. The molecule has 1 aliphatic rings. The highest BCUT2D eigenvalue weighted by Gasteiger charge is 2.22. The summed E-state index contributed by atoms with van der Waals surface area (Å²) in [5.41, 5.74) is 1.75. The summed E-state index contributed by atoms with van der Waals surface area (Å²) in [6.07, 6.45) is 2.50. The van der Waals surface area contributed by atoms with Gasteiger partial charge in [-0.25, -0.2) is 0 Å². The van der Waals surface area contributed by atoms with Gasteiger partial charge in [-0.3, -0.25) is 9.59 Å². The highest BCUT2D eigenvalue weighted by Crippen LogP contribution is 2.18. The summed E-state index contributed by atoms with van der Waals surface area (Å²) in [5, 5.41) is 5.68. The van der Waals surface area contributed by atoms with E-state index in [4.69, 9.17) is 0 Å². The van der Waals surface area contributed by atoms with Crippen molar-refractivity contribution < 1.29 is 9.59 Å². The lowest BCUT2D eigenvalue weighted by Crippen LogP contribution is -2.32. The molecule has 0 unspecified atom stereocenters. The van der Waals surface area contributed by atoms with Crippen molar-refractivity contribution in [2.24, 2.45) is 0 Å². The number of rotatable bonds is 5. The van der Waals surface area contributed by atoms with Gasteiger partial charge in [0, 0.05) is 22.6 Å². The number of halogens is 1. The molecule has 1 saturated carbocycles. The van der Waals surface area contributed by atoms with Crippen LogP contribution in [0.25, 0.3) is 0 Å². The van der Waals surface area contributed by atoms with Crippen molar-refractivity contribution in [3.8, 4) is 0 Å². The third-order valence-electron chi connectivity index (χ3n) is 3.02. The number of carbonyl (C=O) groups is 2. The number of hydrogen-bond acceptors (Lipinski definition) is 2. The summed E-state index contributed by atoms with van der Waals surface area (Å²) >= 11 is 2.17. The Morgan fingerprint density at radius 1 is 1.37 bits per heavy atom. The average molecular weight is 372 g/mol. The number of carbonyl (C=O) groups excluding carboxylic acids is 2. The molecular weight excluding hydrogens is 355 g/mol. The molecule has 1 fully saturated rings. The van der Waals surface area contributed by atoms with Crippen molar-refractivity contribution in [2.45, 2.75) is 32.2 Å². The van der Waals surface area contributed by atoms with Crippen LogP contribution in [0.4, 0.5) is 0 Å². The largest absolute Gasteiger partial charge is 0.353 e. The fourth-order valence-electron chi connectivity index (χ4n) is 1.74. The molecule has 2 N–H and O–H groups in total. The topological polar surface area (TPSA) is 58.2 Å². The van der Waals surface area contributed by atoms with E-state index in [1.165, 1.54) is 0 Å². The highest BCUT2D eigenvalue weighted by atomic mass is 127. The zero-order valence-corrected chi connectivity index (χ0v) is 13.0. The number of benzene rings is 1. The molecule has 0 aliphatic heterocycles. The third kappa shape index (κ3) is 4.19. The van der Waals surface area contributed by atoms with E-state index in [-0.39, 0.29) is 11.8 Å². The minimum absolute atomic E-state index is 0.0155. The summed E-state index contributed by atoms with van der Waals surface area (Å²) in [5.74, 6) is -0.103. The standard InChI is InChI=1S/C14H17IN2O2/c1-9-3-2-4-11(13(9)15)14(19)16-8-7-12(18)17-10-5-6-10/h2-4,10H,5-8H2,1H3,(H,16,19)(H,17,18). The summed E-state index contributed by atoms with van der Waals surface area (Å²) in [4.78, 5) is 23.5. The Morgan fingerprint density at radius 3 is 2.79 bits per heavy atom. The van der Waals surface area contributed by atoms with Gasteiger partial charge in [0.2, 0.25) is 5.91 Å². The van der Waals surface area contributed by atoms with E-state index >= 15 is 0 Å². The summed E-state index contributed by atoms with van der Waals surface area (Å²) in [7, 11) is 0. The lowest BCUT2D eigenvalue weighted by Gasteiger charge is -2.08. The van der Waals surface area contributed by atoms with E-state index in [1.807, 2.05) is 19.1 Å². The van der Waals surface area contributed by atoms with Crippen LogP contribution in [-0.4, -0.2) is 24.4 Å². The molecule has 1 aliphatic carbocycles. The molecule has 4 nitrogen and oxygen atoms in total. The molecule has 0 saturated heterocycles. The molecule has 0 radical (unpaired) electrons. The van der Waals surface area contributed by atoms with Crippen LogP contribution in [0, 0.1) is 10.5 Å². The first kappa shape index (κ1) is 14.3. The zero-order valence-electron chi connectivity index (χ0n) is 10.8. The molecule has 0 heterocycles. The Morgan fingerprint density at radius 2 is 2.11 bits per heavy atom. The van der Waals surface area contributed by atoms with Crippen molar-refractivity contribution in [1.82, 2.24) is 10.6 Å². The van der Waals surface area contributed by atoms with Gasteiger partial charge in [-0.05, 0) is 54.0 Å². The van der Waals surface area contributed by atoms with E-state index < -0.39 is 0 Å². The lowest BCUT2D eigenvalue weighted by atomic mass is 10.1.